The molecule has 1 aromatic heterocycles. The van der Waals surface area contributed by atoms with Crippen molar-refractivity contribution in [2.45, 2.75) is 0 Å². The van der Waals surface area contributed by atoms with Crippen LogP contribution in [0.1, 0.15) is 5.69 Å². The highest BCUT2D eigenvalue weighted by Gasteiger charge is 2.15. The van der Waals surface area contributed by atoms with Crippen LogP contribution in [0.25, 0.3) is 10.8 Å². The predicted molar refractivity (Wildman–Crippen MR) is 63.7 cm³/mol. The highest BCUT2D eigenvalue weighted by Crippen LogP contribution is 2.35. The molecule has 5 heteroatoms. The SMILES string of the molecule is N=C(N)c1nccc2cc3c(cc12)OCCO3. The maximum atomic E-state index is 7.50. The molecule has 0 amide bonds. The zero-order chi connectivity index (χ0) is 11.8. The average Bonchev–Trinajstić information content (AvgIpc) is 2.35. The van der Waals surface area contributed by atoms with Crippen LogP contribution in [0.15, 0.2) is 24.4 Å². The Balaban J connectivity index is 2.30. The Labute approximate surface area is 97.7 Å². The normalized spacial score (nSPS) is 13.6. The minimum atomic E-state index is -0.0488. The van der Waals surface area contributed by atoms with E-state index >= 15 is 0 Å². The van der Waals surface area contributed by atoms with Crippen LogP contribution >= 0.6 is 0 Å². The summed E-state index contributed by atoms with van der Waals surface area (Å²) in [7, 11) is 0. The van der Waals surface area contributed by atoms with Gasteiger partial charge in [-0.05, 0) is 23.6 Å². The number of rotatable bonds is 1. The summed E-state index contributed by atoms with van der Waals surface area (Å²) in [6, 6.07) is 5.57. The first-order valence-electron chi connectivity index (χ1n) is 5.28. The number of nitrogens with one attached hydrogen (secondary N) is 1. The molecule has 1 aliphatic rings. The smallest absolute Gasteiger partial charge is 0.162 e. The van der Waals surface area contributed by atoms with E-state index in [0.717, 1.165) is 16.5 Å². The predicted octanol–water partition coefficient (Wildman–Crippen LogP) is 1.29. The van der Waals surface area contributed by atoms with E-state index in [1.807, 2.05) is 18.2 Å². The standard InChI is InChI=1S/C12H11N3O2/c13-12(14)11-8-6-10-9(16-3-4-17-10)5-7(8)1-2-15-11/h1-2,5-6H,3-4H2,(H3,13,14). The average molecular weight is 229 g/mol. The number of amidine groups is 1. The summed E-state index contributed by atoms with van der Waals surface area (Å²) >= 11 is 0. The van der Waals surface area contributed by atoms with Crippen LogP contribution in [0.5, 0.6) is 11.5 Å². The topological polar surface area (TPSA) is 81.2 Å². The number of nitrogens with two attached hydrogens (primary N) is 1. The molecular formula is C12H11N3O2. The summed E-state index contributed by atoms with van der Waals surface area (Å²) in [5, 5.41) is 9.25. The van der Waals surface area contributed by atoms with Crippen molar-refractivity contribution in [2.75, 3.05) is 13.2 Å². The Bertz CT molecular complexity index is 610. The number of fused-ring (bicyclic) bond motifs is 2. The fraction of sp³-hybridized carbons (Fsp3) is 0.167. The first-order valence-corrected chi connectivity index (χ1v) is 5.28. The summed E-state index contributed by atoms with van der Waals surface area (Å²) in [4.78, 5) is 4.11. The van der Waals surface area contributed by atoms with Crippen LogP contribution in [0.2, 0.25) is 0 Å². The third kappa shape index (κ3) is 1.56. The lowest BCUT2D eigenvalue weighted by Gasteiger charge is -2.19. The molecule has 1 aliphatic heterocycles. The molecule has 0 aliphatic carbocycles. The van der Waals surface area contributed by atoms with Gasteiger partial charge in [-0.1, -0.05) is 0 Å². The molecule has 17 heavy (non-hydrogen) atoms. The van der Waals surface area contributed by atoms with Crippen LogP contribution in [-0.2, 0) is 0 Å². The number of benzene rings is 1. The summed E-state index contributed by atoms with van der Waals surface area (Å²) in [6.07, 6.45) is 1.63. The Kier molecular flexibility index (Phi) is 2.11. The number of aromatic nitrogens is 1. The fourth-order valence-electron chi connectivity index (χ4n) is 1.92. The molecule has 0 fully saturated rings. The van der Waals surface area contributed by atoms with Crippen molar-refractivity contribution in [3.63, 3.8) is 0 Å². The van der Waals surface area contributed by atoms with Crippen molar-refractivity contribution in [3.05, 3.63) is 30.1 Å². The summed E-state index contributed by atoms with van der Waals surface area (Å²) < 4.78 is 11.0. The van der Waals surface area contributed by atoms with Gasteiger partial charge in [0.05, 0.1) is 0 Å². The molecule has 86 valence electrons. The van der Waals surface area contributed by atoms with Crippen molar-refractivity contribution < 1.29 is 9.47 Å². The molecule has 0 atom stereocenters. The van der Waals surface area contributed by atoms with Gasteiger partial charge >= 0.3 is 0 Å². The molecule has 3 rings (SSSR count). The molecule has 0 radical (unpaired) electrons. The lowest BCUT2D eigenvalue weighted by molar-refractivity contribution is 0.172. The largest absolute Gasteiger partial charge is 0.486 e. The second-order valence-electron chi connectivity index (χ2n) is 3.79. The number of hydrogen-bond acceptors (Lipinski definition) is 4. The maximum Gasteiger partial charge on any atom is 0.162 e. The van der Waals surface area contributed by atoms with E-state index < -0.39 is 0 Å². The fourth-order valence-corrected chi connectivity index (χ4v) is 1.92. The van der Waals surface area contributed by atoms with E-state index in [0.29, 0.717) is 24.7 Å². The number of ether oxygens (including phenoxy) is 2. The highest BCUT2D eigenvalue weighted by atomic mass is 16.6. The van der Waals surface area contributed by atoms with E-state index in [4.69, 9.17) is 20.6 Å². The zero-order valence-electron chi connectivity index (χ0n) is 9.06. The van der Waals surface area contributed by atoms with Crippen molar-refractivity contribution in [1.82, 2.24) is 4.98 Å². The Morgan fingerprint density at radius 1 is 1.24 bits per heavy atom. The number of nitrogen functional groups attached to an aromatic ring is 1. The molecule has 2 aromatic rings. The van der Waals surface area contributed by atoms with Crippen LogP contribution in [0.3, 0.4) is 0 Å². The second kappa shape index (κ2) is 3.62. The molecule has 0 saturated carbocycles. The van der Waals surface area contributed by atoms with E-state index in [9.17, 15) is 0 Å². The monoisotopic (exact) mass is 229 g/mol. The second-order valence-corrected chi connectivity index (χ2v) is 3.79. The lowest BCUT2D eigenvalue weighted by atomic mass is 10.1. The minimum Gasteiger partial charge on any atom is -0.486 e. The summed E-state index contributed by atoms with van der Waals surface area (Å²) in [6.45, 7) is 1.09. The molecule has 0 unspecified atom stereocenters. The minimum absolute atomic E-state index is 0.0488. The first kappa shape index (κ1) is 9.89. The summed E-state index contributed by atoms with van der Waals surface area (Å²) in [5.74, 6) is 1.36. The molecule has 0 spiro atoms. The van der Waals surface area contributed by atoms with Crippen molar-refractivity contribution in [2.24, 2.45) is 5.73 Å². The molecule has 0 saturated heterocycles. The number of pyridine rings is 1. The van der Waals surface area contributed by atoms with Crippen LogP contribution < -0.4 is 15.2 Å². The van der Waals surface area contributed by atoms with Gasteiger partial charge in [0.2, 0.25) is 0 Å². The Morgan fingerprint density at radius 2 is 1.94 bits per heavy atom. The molecule has 1 aromatic carbocycles. The third-order valence-corrected chi connectivity index (χ3v) is 2.68. The number of nitrogens with zero attached hydrogens (tertiary/aromatic N) is 1. The van der Waals surface area contributed by atoms with Gasteiger partial charge in [-0.3, -0.25) is 10.4 Å². The summed E-state index contributed by atoms with van der Waals surface area (Å²) in [5.41, 5.74) is 5.98. The van der Waals surface area contributed by atoms with E-state index in [1.54, 1.807) is 6.20 Å². The van der Waals surface area contributed by atoms with Crippen LogP contribution in [0.4, 0.5) is 0 Å². The Morgan fingerprint density at radius 3 is 2.65 bits per heavy atom. The van der Waals surface area contributed by atoms with Gasteiger partial charge in [0.1, 0.15) is 24.7 Å². The maximum absolute atomic E-state index is 7.50. The highest BCUT2D eigenvalue weighted by molar-refractivity contribution is 6.06. The van der Waals surface area contributed by atoms with Gasteiger partial charge in [-0.15, -0.1) is 0 Å². The van der Waals surface area contributed by atoms with Gasteiger partial charge in [0.25, 0.3) is 0 Å². The van der Waals surface area contributed by atoms with Gasteiger partial charge in [0.15, 0.2) is 11.5 Å². The van der Waals surface area contributed by atoms with Crippen molar-refractivity contribution in [1.29, 1.82) is 5.41 Å². The lowest BCUT2D eigenvalue weighted by Crippen LogP contribution is -2.16. The first-order chi connectivity index (χ1) is 8.25. The molecule has 5 nitrogen and oxygen atoms in total. The molecular weight excluding hydrogens is 218 g/mol. The van der Waals surface area contributed by atoms with Crippen molar-refractivity contribution >= 4 is 16.6 Å². The van der Waals surface area contributed by atoms with Crippen LogP contribution in [0, 0.1) is 5.41 Å². The van der Waals surface area contributed by atoms with Gasteiger partial charge in [-0.2, -0.15) is 0 Å². The van der Waals surface area contributed by atoms with Crippen LogP contribution in [-0.4, -0.2) is 24.0 Å². The molecule has 0 bridgehead atoms. The van der Waals surface area contributed by atoms with E-state index in [2.05, 4.69) is 4.98 Å². The van der Waals surface area contributed by atoms with Crippen molar-refractivity contribution in [3.8, 4) is 11.5 Å². The number of hydrogen-bond donors (Lipinski definition) is 2. The van der Waals surface area contributed by atoms with E-state index in [1.165, 1.54) is 0 Å². The quantitative estimate of drug-likeness (QED) is 0.570. The van der Waals surface area contributed by atoms with E-state index in [-0.39, 0.29) is 5.84 Å². The third-order valence-electron chi connectivity index (χ3n) is 2.68. The Hall–Kier alpha value is -2.30. The molecule has 3 N–H and O–H groups in total. The zero-order valence-corrected chi connectivity index (χ0v) is 9.06. The molecule has 2 heterocycles. The van der Waals surface area contributed by atoms with Gasteiger partial charge in [-0.25, -0.2) is 0 Å². The van der Waals surface area contributed by atoms with Gasteiger partial charge in [0, 0.05) is 11.6 Å². The van der Waals surface area contributed by atoms with Gasteiger partial charge < -0.3 is 15.2 Å².